The normalized spacial score (nSPS) is 13.1. The van der Waals surface area contributed by atoms with Crippen molar-refractivity contribution < 1.29 is 9.47 Å². The lowest BCUT2D eigenvalue weighted by Crippen LogP contribution is -2.37. The molecule has 0 bridgehead atoms. The number of thiol groups is 1. The first kappa shape index (κ1) is 19.6. The van der Waals surface area contributed by atoms with Crippen LogP contribution in [0.1, 0.15) is 16.7 Å². The van der Waals surface area contributed by atoms with Gasteiger partial charge in [0.25, 0.3) is 0 Å². The molecule has 0 aliphatic carbocycles. The number of hydrogen-bond acceptors (Lipinski definition) is 5. The highest BCUT2D eigenvalue weighted by atomic mass is 32.1. The van der Waals surface area contributed by atoms with Crippen molar-refractivity contribution in [1.82, 2.24) is 10.4 Å². The van der Waals surface area contributed by atoms with Crippen LogP contribution in [0.15, 0.2) is 83.8 Å². The lowest BCUT2D eigenvalue weighted by atomic mass is 10.2. The zero-order valence-corrected chi connectivity index (χ0v) is 17.0. The number of hydrogen-bond donors (Lipinski definition) is 2. The fraction of sp³-hybridized carbons (Fsp3) is 0.167. The lowest BCUT2D eigenvalue weighted by Gasteiger charge is -2.24. The minimum atomic E-state index is 0.282. The van der Waals surface area contributed by atoms with Gasteiger partial charge in [-0.3, -0.25) is 5.43 Å². The smallest absolute Gasteiger partial charge is 0.231 e. The van der Waals surface area contributed by atoms with E-state index in [1.165, 1.54) is 11.1 Å². The maximum atomic E-state index is 5.47. The van der Waals surface area contributed by atoms with Crippen molar-refractivity contribution in [1.29, 1.82) is 0 Å². The summed E-state index contributed by atoms with van der Waals surface area (Å²) in [5.74, 6) is 1.57. The third kappa shape index (κ3) is 5.64. The van der Waals surface area contributed by atoms with E-state index in [2.05, 4.69) is 65.0 Å². The van der Waals surface area contributed by atoms with Gasteiger partial charge in [0.05, 0.1) is 0 Å². The van der Waals surface area contributed by atoms with Crippen LogP contribution >= 0.6 is 12.6 Å². The van der Waals surface area contributed by atoms with Crippen LogP contribution in [0.25, 0.3) is 6.08 Å². The van der Waals surface area contributed by atoms with E-state index >= 15 is 0 Å². The molecule has 1 N–H and O–H groups in total. The molecule has 0 unspecified atom stereocenters. The van der Waals surface area contributed by atoms with Gasteiger partial charge in [-0.05, 0) is 39.8 Å². The first-order valence-corrected chi connectivity index (χ1v) is 10.1. The van der Waals surface area contributed by atoms with Gasteiger partial charge < -0.3 is 9.47 Å². The van der Waals surface area contributed by atoms with Crippen LogP contribution in [-0.2, 0) is 13.1 Å². The standard InChI is InChI=1S/C24H24N2O2S/c29-22(13-21-11-12-23-24(14-21)28-18-27-23)17-26(16-20-9-5-2-6-10-20)25-15-19-7-3-1-4-8-19/h1-14,25,29H,15-18H2/b22-13-. The van der Waals surface area contributed by atoms with Crippen molar-refractivity contribution in [2.45, 2.75) is 13.1 Å². The summed E-state index contributed by atoms with van der Waals surface area (Å²) in [6.45, 7) is 2.51. The highest BCUT2D eigenvalue weighted by Gasteiger charge is 2.13. The second-order valence-corrected chi connectivity index (χ2v) is 7.48. The first-order valence-electron chi connectivity index (χ1n) is 9.62. The molecule has 1 aliphatic rings. The fourth-order valence-corrected chi connectivity index (χ4v) is 3.53. The molecular formula is C24H24N2O2S. The van der Waals surface area contributed by atoms with E-state index in [4.69, 9.17) is 22.1 Å². The molecule has 1 aliphatic heterocycles. The Morgan fingerprint density at radius 2 is 1.59 bits per heavy atom. The fourth-order valence-electron chi connectivity index (χ4n) is 3.21. The van der Waals surface area contributed by atoms with E-state index in [0.717, 1.165) is 35.1 Å². The molecule has 0 fully saturated rings. The van der Waals surface area contributed by atoms with Gasteiger partial charge >= 0.3 is 0 Å². The second-order valence-electron chi connectivity index (χ2n) is 6.91. The average molecular weight is 405 g/mol. The molecule has 1 heterocycles. The largest absolute Gasteiger partial charge is 0.454 e. The SMILES string of the molecule is S/C(=C\c1ccc2c(c1)OCO2)CN(Cc1ccccc1)NCc1ccccc1. The molecule has 3 aromatic carbocycles. The number of hydrazine groups is 1. The lowest BCUT2D eigenvalue weighted by molar-refractivity contribution is 0.174. The van der Waals surface area contributed by atoms with Crippen LogP contribution in [0.3, 0.4) is 0 Å². The van der Waals surface area contributed by atoms with Crippen LogP contribution < -0.4 is 14.9 Å². The summed E-state index contributed by atoms with van der Waals surface area (Å²) < 4.78 is 10.9. The van der Waals surface area contributed by atoms with Gasteiger partial charge in [0.2, 0.25) is 6.79 Å². The van der Waals surface area contributed by atoms with Crippen molar-refractivity contribution >= 4 is 18.7 Å². The second kappa shape index (κ2) is 9.65. The summed E-state index contributed by atoms with van der Waals surface area (Å²) in [6, 6.07) is 26.8. The molecule has 148 valence electrons. The number of nitrogens with one attached hydrogen (secondary N) is 1. The van der Waals surface area contributed by atoms with Crippen molar-refractivity contribution in [3.05, 3.63) is 100 Å². The van der Waals surface area contributed by atoms with Crippen LogP contribution in [0.2, 0.25) is 0 Å². The third-order valence-electron chi connectivity index (χ3n) is 4.65. The molecular weight excluding hydrogens is 380 g/mol. The number of rotatable bonds is 8. The number of nitrogens with zero attached hydrogens (tertiary/aromatic N) is 1. The molecule has 4 rings (SSSR count). The van der Waals surface area contributed by atoms with E-state index in [-0.39, 0.29) is 6.79 Å². The summed E-state index contributed by atoms with van der Waals surface area (Å²) >= 11 is 4.74. The van der Waals surface area contributed by atoms with Crippen LogP contribution in [0.5, 0.6) is 11.5 Å². The molecule has 0 saturated heterocycles. The monoisotopic (exact) mass is 404 g/mol. The molecule has 4 nitrogen and oxygen atoms in total. The molecule has 29 heavy (non-hydrogen) atoms. The van der Waals surface area contributed by atoms with Gasteiger partial charge in [0, 0.05) is 19.6 Å². The van der Waals surface area contributed by atoms with Crippen LogP contribution in [0.4, 0.5) is 0 Å². The zero-order chi connectivity index (χ0) is 19.9. The Kier molecular flexibility index (Phi) is 6.52. The first-order chi connectivity index (χ1) is 14.3. The molecule has 0 spiro atoms. The van der Waals surface area contributed by atoms with Crippen molar-refractivity contribution in [2.75, 3.05) is 13.3 Å². The summed E-state index contributed by atoms with van der Waals surface area (Å²) in [6.07, 6.45) is 2.06. The predicted octanol–water partition coefficient (Wildman–Crippen LogP) is 4.89. The molecule has 3 aromatic rings. The Morgan fingerprint density at radius 1 is 0.897 bits per heavy atom. The Labute approximate surface area is 177 Å². The maximum Gasteiger partial charge on any atom is 0.231 e. The minimum Gasteiger partial charge on any atom is -0.454 e. The van der Waals surface area contributed by atoms with Crippen molar-refractivity contribution in [3.8, 4) is 11.5 Å². The van der Waals surface area contributed by atoms with Gasteiger partial charge in [-0.1, -0.05) is 66.7 Å². The minimum absolute atomic E-state index is 0.282. The van der Waals surface area contributed by atoms with E-state index < -0.39 is 0 Å². The average Bonchev–Trinajstić information content (AvgIpc) is 3.21. The van der Waals surface area contributed by atoms with Crippen LogP contribution in [-0.4, -0.2) is 18.3 Å². The number of benzene rings is 3. The highest BCUT2D eigenvalue weighted by molar-refractivity contribution is 7.84. The number of fused-ring (bicyclic) bond motifs is 1. The molecule has 0 saturated carbocycles. The third-order valence-corrected chi connectivity index (χ3v) is 4.92. The molecule has 0 aromatic heterocycles. The van der Waals surface area contributed by atoms with Gasteiger partial charge in [-0.15, -0.1) is 12.6 Å². The highest BCUT2D eigenvalue weighted by Crippen LogP contribution is 2.33. The summed E-state index contributed by atoms with van der Waals surface area (Å²) in [7, 11) is 0. The molecule has 0 atom stereocenters. The topological polar surface area (TPSA) is 33.7 Å². The van der Waals surface area contributed by atoms with Gasteiger partial charge in [-0.25, -0.2) is 5.01 Å². The summed E-state index contributed by atoms with van der Waals surface area (Å²) in [5.41, 5.74) is 7.07. The molecule has 0 radical (unpaired) electrons. The Hall–Kier alpha value is -2.73. The summed E-state index contributed by atoms with van der Waals surface area (Å²) in [4.78, 5) is 0.959. The van der Waals surface area contributed by atoms with Gasteiger partial charge in [0.15, 0.2) is 11.5 Å². The van der Waals surface area contributed by atoms with E-state index in [0.29, 0.717) is 6.54 Å². The summed E-state index contributed by atoms with van der Waals surface area (Å²) in [5, 5.41) is 2.19. The van der Waals surface area contributed by atoms with Crippen LogP contribution in [0, 0.1) is 0 Å². The Morgan fingerprint density at radius 3 is 2.34 bits per heavy atom. The quantitative estimate of drug-likeness (QED) is 0.414. The Balaban J connectivity index is 1.45. The van der Waals surface area contributed by atoms with Gasteiger partial charge in [0.1, 0.15) is 0 Å². The predicted molar refractivity (Wildman–Crippen MR) is 120 cm³/mol. The maximum absolute atomic E-state index is 5.47. The van der Waals surface area contributed by atoms with E-state index in [1.54, 1.807) is 0 Å². The zero-order valence-electron chi connectivity index (χ0n) is 16.1. The van der Waals surface area contributed by atoms with E-state index in [1.807, 2.05) is 30.3 Å². The van der Waals surface area contributed by atoms with E-state index in [9.17, 15) is 0 Å². The van der Waals surface area contributed by atoms with Gasteiger partial charge in [-0.2, -0.15) is 0 Å². The molecule has 0 amide bonds. The molecule has 5 heteroatoms. The van der Waals surface area contributed by atoms with Crippen molar-refractivity contribution in [3.63, 3.8) is 0 Å². The Bertz CT molecular complexity index is 961. The number of ether oxygens (including phenoxy) is 2. The van der Waals surface area contributed by atoms with Crippen molar-refractivity contribution in [2.24, 2.45) is 0 Å².